The predicted octanol–water partition coefficient (Wildman–Crippen LogP) is 2.04. The van der Waals surface area contributed by atoms with Crippen LogP contribution >= 0.6 is 23.6 Å². The number of nitrogens with two attached hydrogens (primary N) is 1. The van der Waals surface area contributed by atoms with Gasteiger partial charge < -0.3 is 5.73 Å². The van der Waals surface area contributed by atoms with Gasteiger partial charge in [-0.05, 0) is 30.7 Å². The summed E-state index contributed by atoms with van der Waals surface area (Å²) in [6.45, 7) is 2.11. The minimum atomic E-state index is -0.370. The van der Waals surface area contributed by atoms with Crippen molar-refractivity contribution in [3.05, 3.63) is 55.9 Å². The molecule has 0 fully saturated rings. The molecule has 94 valence electrons. The third-order valence-corrected chi connectivity index (χ3v) is 3.74. The summed E-state index contributed by atoms with van der Waals surface area (Å²) >= 11 is 6.04. The number of thiocarbonyl (C=S) groups is 1. The van der Waals surface area contributed by atoms with Crippen LogP contribution in [-0.4, -0.2) is 9.56 Å². The summed E-state index contributed by atoms with van der Waals surface area (Å²) in [6, 6.07) is 4.21. The monoisotopic (exact) mass is 282 g/mol. The van der Waals surface area contributed by atoms with Crippen LogP contribution in [0.5, 0.6) is 0 Å². The molecule has 1 aromatic carbocycles. The summed E-state index contributed by atoms with van der Waals surface area (Å²) in [5, 5.41) is 1.77. The fraction of sp³-hybridized carbons (Fsp3) is 0.167. The molecule has 0 aliphatic heterocycles. The second-order valence-electron chi connectivity index (χ2n) is 3.89. The van der Waals surface area contributed by atoms with Gasteiger partial charge in [0.15, 0.2) is 0 Å². The Balaban J connectivity index is 2.49. The van der Waals surface area contributed by atoms with Crippen molar-refractivity contribution in [1.29, 1.82) is 0 Å². The lowest BCUT2D eigenvalue weighted by Gasteiger charge is -2.10. The minimum Gasteiger partial charge on any atom is -0.389 e. The second kappa shape index (κ2) is 4.99. The fourth-order valence-electron chi connectivity index (χ4n) is 1.70. The molecule has 2 rings (SSSR count). The SMILES string of the molecule is Cc1csc(=O)n1Cc1cc(F)ccc1C(N)=S. The maximum absolute atomic E-state index is 13.3. The van der Waals surface area contributed by atoms with Crippen molar-refractivity contribution in [3.63, 3.8) is 0 Å². The van der Waals surface area contributed by atoms with Crippen molar-refractivity contribution in [2.45, 2.75) is 13.5 Å². The van der Waals surface area contributed by atoms with Crippen molar-refractivity contribution in [1.82, 2.24) is 4.57 Å². The Morgan fingerprint density at radius 2 is 2.28 bits per heavy atom. The number of aryl methyl sites for hydroxylation is 1. The Morgan fingerprint density at radius 1 is 1.56 bits per heavy atom. The van der Waals surface area contributed by atoms with Crippen LogP contribution in [0.1, 0.15) is 16.8 Å². The van der Waals surface area contributed by atoms with Crippen LogP contribution in [0.4, 0.5) is 4.39 Å². The van der Waals surface area contributed by atoms with E-state index >= 15 is 0 Å². The van der Waals surface area contributed by atoms with Crippen LogP contribution in [0.2, 0.25) is 0 Å². The Kier molecular flexibility index (Phi) is 3.58. The van der Waals surface area contributed by atoms with Gasteiger partial charge in [-0.1, -0.05) is 23.6 Å². The molecule has 2 aromatic rings. The smallest absolute Gasteiger partial charge is 0.307 e. The minimum absolute atomic E-state index is 0.0781. The van der Waals surface area contributed by atoms with Crippen LogP contribution in [0, 0.1) is 12.7 Å². The maximum Gasteiger partial charge on any atom is 0.307 e. The van der Waals surface area contributed by atoms with Crippen molar-refractivity contribution in [3.8, 4) is 0 Å². The molecule has 1 heterocycles. The second-order valence-corrected chi connectivity index (χ2v) is 5.16. The molecule has 18 heavy (non-hydrogen) atoms. The number of aromatic nitrogens is 1. The van der Waals surface area contributed by atoms with E-state index in [1.54, 1.807) is 16.0 Å². The van der Waals surface area contributed by atoms with E-state index in [0.29, 0.717) is 11.1 Å². The van der Waals surface area contributed by atoms with Crippen molar-refractivity contribution in [2.24, 2.45) is 5.73 Å². The summed E-state index contributed by atoms with van der Waals surface area (Å²) in [7, 11) is 0. The lowest BCUT2D eigenvalue weighted by atomic mass is 10.1. The number of nitrogens with zero attached hydrogens (tertiary/aromatic N) is 1. The zero-order valence-electron chi connectivity index (χ0n) is 9.64. The zero-order chi connectivity index (χ0) is 13.3. The van der Waals surface area contributed by atoms with Crippen molar-refractivity contribution >= 4 is 28.5 Å². The van der Waals surface area contributed by atoms with E-state index in [0.717, 1.165) is 17.0 Å². The van der Waals surface area contributed by atoms with Crippen LogP contribution in [0.15, 0.2) is 28.4 Å². The van der Waals surface area contributed by atoms with E-state index in [2.05, 4.69) is 0 Å². The molecule has 2 N–H and O–H groups in total. The average molecular weight is 282 g/mol. The van der Waals surface area contributed by atoms with Gasteiger partial charge in [0.2, 0.25) is 0 Å². The van der Waals surface area contributed by atoms with Gasteiger partial charge >= 0.3 is 4.87 Å². The van der Waals surface area contributed by atoms with E-state index in [9.17, 15) is 9.18 Å². The summed E-state index contributed by atoms with van der Waals surface area (Å²) in [4.78, 5) is 11.8. The molecular formula is C12H11FN2OS2. The molecule has 3 nitrogen and oxygen atoms in total. The van der Waals surface area contributed by atoms with E-state index in [1.807, 2.05) is 6.92 Å². The molecule has 0 bridgehead atoms. The topological polar surface area (TPSA) is 48.0 Å². The molecule has 0 saturated carbocycles. The number of hydrogen-bond acceptors (Lipinski definition) is 3. The molecule has 0 unspecified atom stereocenters. The predicted molar refractivity (Wildman–Crippen MR) is 74.7 cm³/mol. The number of benzene rings is 1. The molecule has 0 amide bonds. The Bertz CT molecular complexity index is 660. The lowest BCUT2D eigenvalue weighted by molar-refractivity contribution is 0.622. The Labute approximate surface area is 113 Å². The number of thiazole rings is 1. The largest absolute Gasteiger partial charge is 0.389 e. The van der Waals surface area contributed by atoms with Gasteiger partial charge in [0.05, 0.1) is 6.54 Å². The van der Waals surface area contributed by atoms with Gasteiger partial charge in [0.1, 0.15) is 10.8 Å². The molecule has 6 heteroatoms. The summed E-state index contributed by atoms with van der Waals surface area (Å²) in [5.41, 5.74) is 7.65. The summed E-state index contributed by atoms with van der Waals surface area (Å²) in [5.74, 6) is -0.370. The highest BCUT2D eigenvalue weighted by Crippen LogP contribution is 2.14. The Morgan fingerprint density at radius 3 is 2.83 bits per heavy atom. The van der Waals surface area contributed by atoms with Crippen LogP contribution in [0.25, 0.3) is 0 Å². The molecule has 0 saturated heterocycles. The van der Waals surface area contributed by atoms with Gasteiger partial charge in [0.25, 0.3) is 0 Å². The van der Waals surface area contributed by atoms with E-state index in [4.69, 9.17) is 18.0 Å². The standard InChI is InChI=1S/C12H11FN2OS2/c1-7-6-18-12(16)15(7)5-8-4-9(13)2-3-10(8)11(14)17/h2-4,6H,5H2,1H3,(H2,14,17). The van der Waals surface area contributed by atoms with Gasteiger partial charge in [-0.15, -0.1) is 0 Å². The van der Waals surface area contributed by atoms with Crippen LogP contribution in [-0.2, 0) is 6.54 Å². The maximum atomic E-state index is 13.3. The fourth-order valence-corrected chi connectivity index (χ4v) is 2.63. The highest BCUT2D eigenvalue weighted by Gasteiger charge is 2.10. The first-order chi connectivity index (χ1) is 8.49. The zero-order valence-corrected chi connectivity index (χ0v) is 11.3. The van der Waals surface area contributed by atoms with Gasteiger partial charge in [0, 0.05) is 16.6 Å². The van der Waals surface area contributed by atoms with E-state index < -0.39 is 0 Å². The molecule has 0 spiro atoms. The van der Waals surface area contributed by atoms with Crippen molar-refractivity contribution in [2.75, 3.05) is 0 Å². The third-order valence-electron chi connectivity index (χ3n) is 2.64. The lowest BCUT2D eigenvalue weighted by Crippen LogP contribution is -2.19. The highest BCUT2D eigenvalue weighted by molar-refractivity contribution is 7.80. The van der Waals surface area contributed by atoms with Gasteiger partial charge in [-0.2, -0.15) is 0 Å². The number of rotatable bonds is 3. The molecule has 0 radical (unpaired) electrons. The highest BCUT2D eigenvalue weighted by atomic mass is 32.1. The molecule has 0 aliphatic carbocycles. The molecule has 0 aliphatic rings. The van der Waals surface area contributed by atoms with Crippen molar-refractivity contribution < 1.29 is 4.39 Å². The van der Waals surface area contributed by atoms with E-state index in [-0.39, 0.29) is 22.2 Å². The van der Waals surface area contributed by atoms with Gasteiger partial charge in [-0.3, -0.25) is 9.36 Å². The molecule has 0 atom stereocenters. The quantitative estimate of drug-likeness (QED) is 0.876. The summed E-state index contributed by atoms with van der Waals surface area (Å²) < 4.78 is 14.8. The van der Waals surface area contributed by atoms with Gasteiger partial charge in [-0.25, -0.2) is 4.39 Å². The Hall–Kier alpha value is -1.53. The molecule has 1 aromatic heterocycles. The first-order valence-electron chi connectivity index (χ1n) is 5.22. The number of halogens is 1. The average Bonchev–Trinajstić information content (AvgIpc) is 2.60. The normalized spacial score (nSPS) is 10.6. The van der Waals surface area contributed by atoms with Crippen LogP contribution < -0.4 is 10.6 Å². The van der Waals surface area contributed by atoms with E-state index in [1.165, 1.54) is 12.1 Å². The molecular weight excluding hydrogens is 271 g/mol. The summed E-state index contributed by atoms with van der Waals surface area (Å²) in [6.07, 6.45) is 0. The first kappa shape index (κ1) is 12.9. The number of hydrogen-bond donors (Lipinski definition) is 1. The first-order valence-corrected chi connectivity index (χ1v) is 6.51. The third kappa shape index (κ3) is 2.49. The van der Waals surface area contributed by atoms with Crippen LogP contribution in [0.3, 0.4) is 0 Å².